The van der Waals surface area contributed by atoms with Gasteiger partial charge in [0.2, 0.25) is 0 Å². The molecule has 0 saturated heterocycles. The number of rotatable bonds is 5. The first-order valence-electron chi connectivity index (χ1n) is 8.27. The molecule has 134 valence electrons. The molecule has 3 rings (SSSR count). The molecule has 2 aromatic rings. The van der Waals surface area contributed by atoms with E-state index in [4.69, 9.17) is 4.74 Å². The largest absolute Gasteiger partial charge is 0.486 e. The molecule has 1 aliphatic rings. The monoisotopic (exact) mass is 361 g/mol. The number of para-hydroxylation sites is 1. The molecule has 1 atom stereocenters. The zero-order valence-corrected chi connectivity index (χ0v) is 15.5. The number of sulfone groups is 1. The lowest BCUT2D eigenvalue weighted by Gasteiger charge is -2.21. The van der Waals surface area contributed by atoms with Crippen LogP contribution >= 0.6 is 0 Å². The highest BCUT2D eigenvalue weighted by molar-refractivity contribution is 7.94. The molecule has 1 unspecified atom stereocenters. The van der Waals surface area contributed by atoms with Crippen LogP contribution in [0.1, 0.15) is 32.4 Å². The number of allylic oxidation sites excluding steroid dienone is 1. The van der Waals surface area contributed by atoms with Gasteiger partial charge in [0, 0.05) is 11.8 Å². The van der Waals surface area contributed by atoms with Crippen molar-refractivity contribution >= 4 is 9.84 Å². The van der Waals surface area contributed by atoms with Gasteiger partial charge in [-0.1, -0.05) is 24.3 Å². The molecule has 0 fully saturated rings. The fraction of sp³-hybridized carbons (Fsp3) is 0.444. The highest BCUT2D eigenvalue weighted by atomic mass is 32.2. The van der Waals surface area contributed by atoms with Gasteiger partial charge in [0.05, 0.1) is 11.3 Å². The zero-order valence-electron chi connectivity index (χ0n) is 14.7. The summed E-state index contributed by atoms with van der Waals surface area (Å²) in [6.07, 6.45) is 2.29. The predicted molar refractivity (Wildman–Crippen MR) is 95.9 cm³/mol. The Kier molecular flexibility index (Phi) is 4.69. The van der Waals surface area contributed by atoms with Gasteiger partial charge in [-0.3, -0.25) is 0 Å². The molecule has 6 nitrogen and oxygen atoms in total. The lowest BCUT2D eigenvalue weighted by Crippen LogP contribution is -2.27. The number of nitrogens with zero attached hydrogens (tertiary/aromatic N) is 3. The highest BCUT2D eigenvalue weighted by Crippen LogP contribution is 2.23. The molecule has 0 amide bonds. The smallest absolute Gasteiger partial charge is 0.188 e. The van der Waals surface area contributed by atoms with Gasteiger partial charge in [0.15, 0.2) is 15.7 Å². The van der Waals surface area contributed by atoms with Crippen LogP contribution in [0.5, 0.6) is 5.75 Å². The summed E-state index contributed by atoms with van der Waals surface area (Å²) in [4.78, 5) is 4.60. The third kappa shape index (κ3) is 4.48. The van der Waals surface area contributed by atoms with Crippen molar-refractivity contribution < 1.29 is 13.2 Å². The second-order valence-electron chi connectivity index (χ2n) is 7.25. The molecule has 7 heteroatoms. The summed E-state index contributed by atoms with van der Waals surface area (Å²) in [5.74, 6) is 2.23. The summed E-state index contributed by atoms with van der Waals surface area (Å²) >= 11 is 0. The summed E-state index contributed by atoms with van der Waals surface area (Å²) < 4.78 is 30.9. The topological polar surface area (TPSA) is 74.1 Å². The molecular formula is C18H23N3O3S. The van der Waals surface area contributed by atoms with E-state index in [1.165, 1.54) is 5.41 Å². The number of aromatic nitrogens is 3. The standard InChI is InChI=1S/C18H23N3O3S/c1-18(2,3)21-17(11-14-9-10-25(22,23)13-14)19-16(20-21)12-24-15-7-5-4-6-8-15/h4-10,14H,11-13H2,1-3H3. The second kappa shape index (κ2) is 6.63. The second-order valence-corrected chi connectivity index (χ2v) is 9.18. The average molecular weight is 361 g/mol. The lowest BCUT2D eigenvalue weighted by molar-refractivity contribution is 0.288. The van der Waals surface area contributed by atoms with Crippen molar-refractivity contribution in [2.24, 2.45) is 5.92 Å². The molecule has 2 heterocycles. The Balaban J connectivity index is 1.77. The van der Waals surface area contributed by atoms with Gasteiger partial charge in [-0.25, -0.2) is 18.1 Å². The van der Waals surface area contributed by atoms with E-state index in [9.17, 15) is 8.42 Å². The Morgan fingerprint density at radius 2 is 1.96 bits per heavy atom. The van der Waals surface area contributed by atoms with Crippen LogP contribution in [0.2, 0.25) is 0 Å². The molecular weight excluding hydrogens is 338 g/mol. The Labute approximate surface area is 148 Å². The molecule has 1 aliphatic heterocycles. The summed E-state index contributed by atoms with van der Waals surface area (Å²) in [7, 11) is -3.07. The average Bonchev–Trinajstić information content (AvgIpc) is 3.09. The quantitative estimate of drug-likeness (QED) is 0.819. The molecule has 0 N–H and O–H groups in total. The molecule has 0 aliphatic carbocycles. The molecule has 0 bridgehead atoms. The van der Waals surface area contributed by atoms with E-state index < -0.39 is 9.84 Å². The van der Waals surface area contributed by atoms with Crippen LogP contribution in [-0.4, -0.2) is 28.9 Å². The third-order valence-corrected chi connectivity index (χ3v) is 5.38. The first-order valence-corrected chi connectivity index (χ1v) is 9.98. The van der Waals surface area contributed by atoms with Crippen LogP contribution in [-0.2, 0) is 28.4 Å². The summed E-state index contributed by atoms with van der Waals surface area (Å²) in [5, 5.41) is 5.88. The van der Waals surface area contributed by atoms with Crippen molar-refractivity contribution in [3.05, 3.63) is 53.5 Å². The van der Waals surface area contributed by atoms with Gasteiger partial charge < -0.3 is 4.74 Å². The van der Waals surface area contributed by atoms with Crippen LogP contribution in [0.15, 0.2) is 41.8 Å². The van der Waals surface area contributed by atoms with Gasteiger partial charge in [0.25, 0.3) is 0 Å². The minimum Gasteiger partial charge on any atom is -0.486 e. The Hall–Kier alpha value is -2.15. The summed E-state index contributed by atoms with van der Waals surface area (Å²) in [6.45, 7) is 6.43. The zero-order chi connectivity index (χ0) is 18.1. The fourth-order valence-electron chi connectivity index (χ4n) is 2.79. The first kappa shape index (κ1) is 17.7. The minimum atomic E-state index is -3.07. The van der Waals surface area contributed by atoms with Gasteiger partial charge in [-0.05, 0) is 38.8 Å². The first-order chi connectivity index (χ1) is 11.7. The van der Waals surface area contributed by atoms with E-state index in [0.717, 1.165) is 11.6 Å². The lowest BCUT2D eigenvalue weighted by atomic mass is 10.1. The summed E-state index contributed by atoms with van der Waals surface area (Å²) in [5.41, 5.74) is -0.242. The molecule has 1 aromatic heterocycles. The maximum absolute atomic E-state index is 11.6. The van der Waals surface area contributed by atoms with E-state index >= 15 is 0 Å². The molecule has 0 spiro atoms. The molecule has 1 aromatic carbocycles. The Morgan fingerprint density at radius 3 is 2.56 bits per heavy atom. The third-order valence-electron chi connectivity index (χ3n) is 3.91. The van der Waals surface area contributed by atoms with Crippen molar-refractivity contribution in [1.82, 2.24) is 14.8 Å². The maximum atomic E-state index is 11.6. The van der Waals surface area contributed by atoms with E-state index in [2.05, 4.69) is 10.1 Å². The Morgan fingerprint density at radius 1 is 1.24 bits per heavy atom. The molecule has 0 saturated carbocycles. The predicted octanol–water partition coefficient (Wildman–Crippen LogP) is 2.71. The minimum absolute atomic E-state index is 0.0572. The van der Waals surface area contributed by atoms with Crippen LogP contribution in [0.25, 0.3) is 0 Å². The normalized spacial score (nSPS) is 19.2. The SMILES string of the molecule is CC(C)(C)n1nc(COc2ccccc2)nc1CC1C=CS(=O)(=O)C1. The van der Waals surface area contributed by atoms with E-state index in [1.54, 1.807) is 6.08 Å². The van der Waals surface area contributed by atoms with Crippen LogP contribution in [0, 0.1) is 5.92 Å². The van der Waals surface area contributed by atoms with Crippen molar-refractivity contribution in [1.29, 1.82) is 0 Å². The van der Waals surface area contributed by atoms with E-state index in [0.29, 0.717) is 12.2 Å². The van der Waals surface area contributed by atoms with Crippen LogP contribution in [0.3, 0.4) is 0 Å². The highest BCUT2D eigenvalue weighted by Gasteiger charge is 2.27. The van der Waals surface area contributed by atoms with Crippen molar-refractivity contribution in [2.75, 3.05) is 5.75 Å². The molecule has 25 heavy (non-hydrogen) atoms. The Bertz CT molecular complexity index is 865. The number of hydrogen-bond donors (Lipinski definition) is 0. The maximum Gasteiger partial charge on any atom is 0.188 e. The molecule has 0 radical (unpaired) electrons. The fourth-order valence-corrected chi connectivity index (χ4v) is 4.19. The number of benzene rings is 1. The van der Waals surface area contributed by atoms with Crippen molar-refractivity contribution in [2.45, 2.75) is 39.3 Å². The van der Waals surface area contributed by atoms with Gasteiger partial charge in [-0.15, -0.1) is 0 Å². The summed E-state index contributed by atoms with van der Waals surface area (Å²) in [6, 6.07) is 9.52. The van der Waals surface area contributed by atoms with E-state index in [1.807, 2.05) is 55.8 Å². The van der Waals surface area contributed by atoms with Gasteiger partial charge in [0.1, 0.15) is 18.2 Å². The van der Waals surface area contributed by atoms with E-state index in [-0.39, 0.29) is 23.8 Å². The van der Waals surface area contributed by atoms with Gasteiger partial charge in [-0.2, -0.15) is 5.10 Å². The van der Waals surface area contributed by atoms with Crippen molar-refractivity contribution in [3.63, 3.8) is 0 Å². The van der Waals surface area contributed by atoms with Gasteiger partial charge >= 0.3 is 0 Å². The number of ether oxygens (including phenoxy) is 1. The number of hydrogen-bond acceptors (Lipinski definition) is 5. The van der Waals surface area contributed by atoms with Crippen LogP contribution < -0.4 is 4.74 Å². The van der Waals surface area contributed by atoms with Crippen molar-refractivity contribution in [3.8, 4) is 5.75 Å². The van der Waals surface area contributed by atoms with Crippen LogP contribution in [0.4, 0.5) is 0 Å².